The van der Waals surface area contributed by atoms with Crippen molar-refractivity contribution < 1.29 is 0 Å². The molecule has 9 heavy (non-hydrogen) atoms. The topological polar surface area (TPSA) is 0 Å². The van der Waals surface area contributed by atoms with E-state index >= 15 is 0 Å². The number of rotatable bonds is 0. The first kappa shape index (κ1) is 5.06. The molecule has 0 aromatic rings. The molecule has 2 atom stereocenters. The van der Waals surface area contributed by atoms with Crippen molar-refractivity contribution in [2.24, 2.45) is 5.41 Å². The third-order valence-electron chi connectivity index (χ3n) is 3.39. The van der Waals surface area contributed by atoms with Crippen LogP contribution in [0.5, 0.6) is 0 Å². The van der Waals surface area contributed by atoms with Gasteiger partial charge in [0, 0.05) is 10.5 Å². The third kappa shape index (κ3) is 0.485. The summed E-state index contributed by atoms with van der Waals surface area (Å²) in [7, 11) is 0. The predicted molar refractivity (Wildman–Crippen MR) is 40.7 cm³/mol. The van der Waals surface area contributed by atoms with Gasteiger partial charge in [0.2, 0.25) is 0 Å². The molecule has 50 valence electrons. The minimum atomic E-state index is 0.912. The molecule has 1 heteroatoms. The molecule has 2 aliphatic carbocycles. The van der Waals surface area contributed by atoms with Crippen LogP contribution in [0.4, 0.5) is 0 Å². The molecule has 3 aliphatic rings. The largest absolute Gasteiger partial charge is 0.152 e. The number of fused-ring (bicyclic) bond motifs is 2. The molecule has 3 fully saturated rings. The normalized spacial score (nSPS) is 50.7. The van der Waals surface area contributed by atoms with Crippen molar-refractivity contribution in [2.75, 3.05) is 0 Å². The maximum atomic E-state index is 2.25. The van der Waals surface area contributed by atoms with Crippen molar-refractivity contribution in [1.29, 1.82) is 0 Å². The summed E-state index contributed by atoms with van der Waals surface area (Å²) in [4.78, 5) is 0. The van der Waals surface area contributed by atoms with Crippen LogP contribution in [-0.4, -0.2) is 10.5 Å². The zero-order chi connectivity index (χ0) is 5.90. The summed E-state index contributed by atoms with van der Waals surface area (Å²) in [6, 6.07) is 0. The molecule has 0 amide bonds. The molecule has 1 spiro atoms. The average molecular weight is 140 g/mol. The summed E-state index contributed by atoms with van der Waals surface area (Å²) < 4.78 is 0. The average Bonchev–Trinajstić information content (AvgIpc) is 2.39. The molecular formula is C8H12S. The Morgan fingerprint density at radius 1 is 1.22 bits per heavy atom. The SMILES string of the molecule is C1CCC2(C1)CC1SC12. The highest BCUT2D eigenvalue weighted by Crippen LogP contribution is 2.72. The van der Waals surface area contributed by atoms with E-state index in [1.165, 1.54) is 12.8 Å². The van der Waals surface area contributed by atoms with E-state index in [0.29, 0.717) is 0 Å². The lowest BCUT2D eigenvalue weighted by Gasteiger charge is -2.35. The first-order chi connectivity index (χ1) is 4.41. The summed E-state index contributed by atoms with van der Waals surface area (Å²) in [6.07, 6.45) is 7.79. The van der Waals surface area contributed by atoms with Crippen molar-refractivity contribution in [1.82, 2.24) is 0 Å². The Bertz CT molecular complexity index is 141. The van der Waals surface area contributed by atoms with E-state index in [4.69, 9.17) is 0 Å². The lowest BCUT2D eigenvalue weighted by molar-refractivity contribution is 0.201. The van der Waals surface area contributed by atoms with E-state index in [9.17, 15) is 0 Å². The fourth-order valence-electron chi connectivity index (χ4n) is 2.76. The van der Waals surface area contributed by atoms with Gasteiger partial charge in [-0.2, -0.15) is 11.8 Å². The molecule has 0 N–H and O–H groups in total. The van der Waals surface area contributed by atoms with Crippen molar-refractivity contribution in [3.8, 4) is 0 Å². The molecule has 0 nitrogen and oxygen atoms in total. The van der Waals surface area contributed by atoms with E-state index in [1.807, 2.05) is 0 Å². The quantitative estimate of drug-likeness (QED) is 0.466. The van der Waals surface area contributed by atoms with E-state index in [1.54, 1.807) is 19.3 Å². The van der Waals surface area contributed by atoms with E-state index in [0.717, 1.165) is 15.9 Å². The fourth-order valence-corrected chi connectivity index (χ4v) is 4.48. The molecule has 0 aromatic heterocycles. The van der Waals surface area contributed by atoms with Gasteiger partial charge in [0.25, 0.3) is 0 Å². The van der Waals surface area contributed by atoms with Gasteiger partial charge in [-0.25, -0.2) is 0 Å². The van der Waals surface area contributed by atoms with Crippen molar-refractivity contribution >= 4 is 11.8 Å². The lowest BCUT2D eigenvalue weighted by atomic mass is 9.68. The third-order valence-corrected chi connectivity index (χ3v) is 4.99. The Labute approximate surface area is 60.4 Å². The van der Waals surface area contributed by atoms with Crippen molar-refractivity contribution in [3.05, 3.63) is 0 Å². The molecular weight excluding hydrogens is 128 g/mol. The molecule has 0 radical (unpaired) electrons. The second kappa shape index (κ2) is 1.34. The highest BCUT2D eigenvalue weighted by molar-refractivity contribution is 8.08. The molecule has 1 aliphatic heterocycles. The molecule has 1 saturated heterocycles. The monoisotopic (exact) mass is 140 g/mol. The van der Waals surface area contributed by atoms with Crippen LogP contribution in [0.25, 0.3) is 0 Å². The number of hydrogen-bond donors (Lipinski definition) is 0. The Hall–Kier alpha value is 0.350. The van der Waals surface area contributed by atoms with Crippen molar-refractivity contribution in [2.45, 2.75) is 42.6 Å². The van der Waals surface area contributed by atoms with Crippen LogP contribution < -0.4 is 0 Å². The van der Waals surface area contributed by atoms with Crippen LogP contribution in [0, 0.1) is 5.41 Å². The van der Waals surface area contributed by atoms with Crippen LogP contribution in [0.1, 0.15) is 32.1 Å². The molecule has 1 heterocycles. The summed E-state index contributed by atoms with van der Waals surface area (Å²) in [5.41, 5.74) is 0.912. The maximum absolute atomic E-state index is 2.25. The van der Waals surface area contributed by atoms with Crippen molar-refractivity contribution in [3.63, 3.8) is 0 Å². The zero-order valence-electron chi connectivity index (χ0n) is 5.60. The predicted octanol–water partition coefficient (Wildman–Crippen LogP) is 2.43. The van der Waals surface area contributed by atoms with Gasteiger partial charge >= 0.3 is 0 Å². The van der Waals surface area contributed by atoms with Gasteiger partial charge < -0.3 is 0 Å². The van der Waals surface area contributed by atoms with Gasteiger partial charge in [0.05, 0.1) is 0 Å². The zero-order valence-corrected chi connectivity index (χ0v) is 6.41. The smallest absolute Gasteiger partial charge is 0.0226 e. The first-order valence-corrected chi connectivity index (χ1v) is 5.01. The van der Waals surface area contributed by atoms with Crippen LogP contribution in [0.15, 0.2) is 0 Å². The van der Waals surface area contributed by atoms with Gasteiger partial charge in [0.1, 0.15) is 0 Å². The minimum absolute atomic E-state index is 0.912. The van der Waals surface area contributed by atoms with Gasteiger partial charge in [-0.05, 0) is 24.7 Å². The second-order valence-corrected chi connectivity index (χ2v) is 5.25. The van der Waals surface area contributed by atoms with Crippen LogP contribution >= 0.6 is 11.8 Å². The van der Waals surface area contributed by atoms with E-state index in [-0.39, 0.29) is 0 Å². The van der Waals surface area contributed by atoms with Crippen LogP contribution in [0.2, 0.25) is 0 Å². The van der Waals surface area contributed by atoms with E-state index in [2.05, 4.69) is 11.8 Å². The molecule has 2 saturated carbocycles. The standard InChI is InChI=1S/C8H12S/c1-2-4-8(3-1)5-6-7(8)9-6/h6-7H,1-5H2. The van der Waals surface area contributed by atoms with Gasteiger partial charge in [-0.15, -0.1) is 0 Å². The second-order valence-electron chi connectivity index (χ2n) is 3.87. The highest BCUT2D eigenvalue weighted by Gasteiger charge is 2.64. The highest BCUT2D eigenvalue weighted by atomic mass is 32.2. The summed E-state index contributed by atoms with van der Waals surface area (Å²) in [5.74, 6) is 0. The molecule has 2 unspecified atom stereocenters. The molecule has 0 aromatic carbocycles. The summed E-state index contributed by atoms with van der Waals surface area (Å²) >= 11 is 2.25. The minimum Gasteiger partial charge on any atom is -0.152 e. The first-order valence-electron chi connectivity index (χ1n) is 4.06. The Balaban J connectivity index is 1.87. The maximum Gasteiger partial charge on any atom is 0.0226 e. The summed E-state index contributed by atoms with van der Waals surface area (Å²) in [6.45, 7) is 0. The lowest BCUT2D eigenvalue weighted by Crippen LogP contribution is -2.35. The van der Waals surface area contributed by atoms with Crippen LogP contribution in [-0.2, 0) is 0 Å². The Morgan fingerprint density at radius 2 is 2.00 bits per heavy atom. The summed E-state index contributed by atoms with van der Waals surface area (Å²) in [5, 5.41) is 2.29. The van der Waals surface area contributed by atoms with Crippen LogP contribution in [0.3, 0.4) is 0 Å². The van der Waals surface area contributed by atoms with Gasteiger partial charge in [-0.1, -0.05) is 12.8 Å². The van der Waals surface area contributed by atoms with Gasteiger partial charge in [0.15, 0.2) is 0 Å². The van der Waals surface area contributed by atoms with Gasteiger partial charge in [-0.3, -0.25) is 0 Å². The Kier molecular flexibility index (Phi) is 0.753. The number of thioether (sulfide) groups is 1. The van der Waals surface area contributed by atoms with E-state index < -0.39 is 0 Å². The number of hydrogen-bond acceptors (Lipinski definition) is 1. The fraction of sp³-hybridized carbons (Fsp3) is 1.00. The molecule has 0 bridgehead atoms. The Morgan fingerprint density at radius 3 is 2.44 bits per heavy atom. The molecule has 3 rings (SSSR count).